The minimum Gasteiger partial charge on any atom is -0.369 e. The number of nitrogens with zero attached hydrogens (tertiary/aromatic N) is 1. The molecule has 4 nitrogen and oxygen atoms in total. The molecule has 1 amide bonds. The van der Waals surface area contributed by atoms with Crippen molar-refractivity contribution < 1.29 is 4.79 Å². The number of rotatable bonds is 4. The fourth-order valence-corrected chi connectivity index (χ4v) is 2.18. The molecule has 0 bridgehead atoms. The van der Waals surface area contributed by atoms with Crippen LogP contribution < -0.4 is 15.5 Å². The van der Waals surface area contributed by atoms with E-state index in [0.717, 1.165) is 43.9 Å². The van der Waals surface area contributed by atoms with Gasteiger partial charge in [-0.05, 0) is 31.5 Å². The summed E-state index contributed by atoms with van der Waals surface area (Å²) in [4.78, 5) is 14.4. The Morgan fingerprint density at radius 2 is 2.16 bits per heavy atom. The summed E-state index contributed by atoms with van der Waals surface area (Å²) >= 11 is 0. The molecule has 1 aromatic carbocycles. The Hall–Kier alpha value is -1.55. The van der Waals surface area contributed by atoms with Crippen LogP contribution in [0.2, 0.25) is 0 Å². The number of hydrogen-bond acceptors (Lipinski definition) is 3. The van der Waals surface area contributed by atoms with Gasteiger partial charge in [-0.15, -0.1) is 0 Å². The first-order chi connectivity index (χ1) is 9.20. The number of anilines is 1. The van der Waals surface area contributed by atoms with Crippen molar-refractivity contribution in [1.82, 2.24) is 10.6 Å². The number of amides is 1. The van der Waals surface area contributed by atoms with Crippen LogP contribution in [0.25, 0.3) is 0 Å². The van der Waals surface area contributed by atoms with E-state index >= 15 is 0 Å². The number of hydrogen-bond donors (Lipinski definition) is 2. The lowest BCUT2D eigenvalue weighted by Gasteiger charge is -2.29. The van der Waals surface area contributed by atoms with Gasteiger partial charge in [0.15, 0.2) is 0 Å². The summed E-state index contributed by atoms with van der Waals surface area (Å²) in [7, 11) is 0. The minimum absolute atomic E-state index is 0.0198. The zero-order chi connectivity index (χ0) is 13.7. The van der Waals surface area contributed by atoms with Crippen LogP contribution in [0.3, 0.4) is 0 Å². The lowest BCUT2D eigenvalue weighted by atomic mass is 10.1. The Morgan fingerprint density at radius 1 is 1.42 bits per heavy atom. The van der Waals surface area contributed by atoms with Crippen LogP contribution in [0.5, 0.6) is 0 Å². The third kappa shape index (κ3) is 3.70. The van der Waals surface area contributed by atoms with Gasteiger partial charge in [-0.2, -0.15) is 0 Å². The van der Waals surface area contributed by atoms with E-state index in [4.69, 9.17) is 0 Å². The molecule has 4 heteroatoms. The highest BCUT2D eigenvalue weighted by molar-refractivity contribution is 5.95. The molecule has 1 heterocycles. The number of piperazine rings is 1. The number of benzene rings is 1. The molecule has 1 atom stereocenters. The van der Waals surface area contributed by atoms with Crippen molar-refractivity contribution in [3.05, 3.63) is 29.8 Å². The molecule has 1 aromatic rings. The molecule has 1 saturated heterocycles. The molecule has 1 aliphatic heterocycles. The predicted molar refractivity (Wildman–Crippen MR) is 78.7 cm³/mol. The quantitative estimate of drug-likeness (QED) is 0.866. The molecular weight excluding hydrogens is 238 g/mol. The van der Waals surface area contributed by atoms with Crippen LogP contribution in [0.4, 0.5) is 5.69 Å². The van der Waals surface area contributed by atoms with Crippen molar-refractivity contribution in [2.45, 2.75) is 26.3 Å². The monoisotopic (exact) mass is 261 g/mol. The second kappa shape index (κ2) is 6.57. The third-order valence-electron chi connectivity index (χ3n) is 3.58. The molecule has 19 heavy (non-hydrogen) atoms. The minimum atomic E-state index is 0.0198. The zero-order valence-electron chi connectivity index (χ0n) is 11.8. The molecule has 1 aliphatic rings. The summed E-state index contributed by atoms with van der Waals surface area (Å²) in [6.45, 7) is 8.10. The van der Waals surface area contributed by atoms with Crippen molar-refractivity contribution in [3.63, 3.8) is 0 Å². The van der Waals surface area contributed by atoms with Gasteiger partial charge in [0.25, 0.3) is 5.91 Å². The standard InChI is InChI=1S/C15H23N3O/c1-3-12(2)17-15(19)13-5-4-6-14(11-13)18-9-7-16-8-10-18/h4-6,11-12,16H,3,7-10H2,1-2H3,(H,17,19). The molecule has 1 unspecified atom stereocenters. The summed E-state index contributed by atoms with van der Waals surface area (Å²) in [6.07, 6.45) is 0.948. The van der Waals surface area contributed by atoms with Gasteiger partial charge in [-0.1, -0.05) is 13.0 Å². The molecule has 0 saturated carbocycles. The third-order valence-corrected chi connectivity index (χ3v) is 3.58. The maximum absolute atomic E-state index is 12.1. The molecule has 104 valence electrons. The van der Waals surface area contributed by atoms with Gasteiger partial charge in [0.2, 0.25) is 0 Å². The number of nitrogens with one attached hydrogen (secondary N) is 2. The predicted octanol–water partition coefficient (Wildman–Crippen LogP) is 1.62. The maximum Gasteiger partial charge on any atom is 0.251 e. The van der Waals surface area contributed by atoms with E-state index < -0.39 is 0 Å². The largest absolute Gasteiger partial charge is 0.369 e. The molecular formula is C15H23N3O. The average molecular weight is 261 g/mol. The highest BCUT2D eigenvalue weighted by Gasteiger charge is 2.13. The summed E-state index contributed by atoms with van der Waals surface area (Å²) < 4.78 is 0. The summed E-state index contributed by atoms with van der Waals surface area (Å²) in [5, 5.41) is 6.34. The van der Waals surface area contributed by atoms with Gasteiger partial charge in [-0.25, -0.2) is 0 Å². The van der Waals surface area contributed by atoms with E-state index in [0.29, 0.717) is 0 Å². The van der Waals surface area contributed by atoms with Crippen molar-refractivity contribution in [1.29, 1.82) is 0 Å². The van der Waals surface area contributed by atoms with E-state index in [9.17, 15) is 4.79 Å². The van der Waals surface area contributed by atoms with E-state index in [1.807, 2.05) is 25.1 Å². The summed E-state index contributed by atoms with van der Waals surface area (Å²) in [5.74, 6) is 0.0198. The van der Waals surface area contributed by atoms with Crippen LogP contribution in [0.1, 0.15) is 30.6 Å². The van der Waals surface area contributed by atoms with Crippen LogP contribution in [0, 0.1) is 0 Å². The van der Waals surface area contributed by atoms with Crippen LogP contribution in [-0.4, -0.2) is 38.1 Å². The fourth-order valence-electron chi connectivity index (χ4n) is 2.18. The van der Waals surface area contributed by atoms with E-state index in [-0.39, 0.29) is 11.9 Å². The average Bonchev–Trinajstić information content (AvgIpc) is 2.48. The van der Waals surface area contributed by atoms with Gasteiger partial charge in [0, 0.05) is 43.5 Å². The Bertz CT molecular complexity index is 427. The lowest BCUT2D eigenvalue weighted by Crippen LogP contribution is -2.43. The van der Waals surface area contributed by atoms with Crippen molar-refractivity contribution in [2.75, 3.05) is 31.1 Å². The summed E-state index contributed by atoms with van der Waals surface area (Å²) in [5.41, 5.74) is 1.88. The Kier molecular flexibility index (Phi) is 4.80. The maximum atomic E-state index is 12.1. The van der Waals surface area contributed by atoms with Crippen LogP contribution in [-0.2, 0) is 0 Å². The van der Waals surface area contributed by atoms with Crippen molar-refractivity contribution in [2.24, 2.45) is 0 Å². The van der Waals surface area contributed by atoms with Crippen LogP contribution in [0.15, 0.2) is 24.3 Å². The SMILES string of the molecule is CCC(C)NC(=O)c1cccc(N2CCNCC2)c1. The van der Waals surface area contributed by atoms with E-state index in [1.54, 1.807) is 0 Å². The first-order valence-electron chi connectivity index (χ1n) is 7.07. The first-order valence-corrected chi connectivity index (χ1v) is 7.07. The molecule has 2 rings (SSSR count). The molecule has 0 aromatic heterocycles. The van der Waals surface area contributed by atoms with E-state index in [2.05, 4.69) is 28.5 Å². The smallest absolute Gasteiger partial charge is 0.251 e. The Labute approximate surface area is 115 Å². The van der Waals surface area contributed by atoms with Gasteiger partial charge >= 0.3 is 0 Å². The molecule has 1 fully saturated rings. The van der Waals surface area contributed by atoms with Gasteiger partial charge in [0.1, 0.15) is 0 Å². The molecule has 2 N–H and O–H groups in total. The molecule has 0 aliphatic carbocycles. The van der Waals surface area contributed by atoms with E-state index in [1.165, 1.54) is 0 Å². The second-order valence-corrected chi connectivity index (χ2v) is 5.07. The highest BCUT2D eigenvalue weighted by Crippen LogP contribution is 2.16. The normalized spacial score (nSPS) is 17.1. The topological polar surface area (TPSA) is 44.4 Å². The summed E-state index contributed by atoms with van der Waals surface area (Å²) in [6, 6.07) is 8.12. The second-order valence-electron chi connectivity index (χ2n) is 5.07. The van der Waals surface area contributed by atoms with Gasteiger partial charge < -0.3 is 15.5 Å². The Balaban J connectivity index is 2.07. The zero-order valence-corrected chi connectivity index (χ0v) is 11.8. The Morgan fingerprint density at radius 3 is 2.84 bits per heavy atom. The van der Waals surface area contributed by atoms with Gasteiger partial charge in [0.05, 0.1) is 0 Å². The lowest BCUT2D eigenvalue weighted by molar-refractivity contribution is 0.0939. The van der Waals surface area contributed by atoms with Crippen molar-refractivity contribution >= 4 is 11.6 Å². The van der Waals surface area contributed by atoms with Gasteiger partial charge in [-0.3, -0.25) is 4.79 Å². The fraction of sp³-hybridized carbons (Fsp3) is 0.533. The number of carbonyl (C=O) groups excluding carboxylic acids is 1. The first kappa shape index (κ1) is 13.9. The molecule has 0 spiro atoms. The van der Waals surface area contributed by atoms with Crippen molar-refractivity contribution in [3.8, 4) is 0 Å². The number of carbonyl (C=O) groups is 1. The highest BCUT2D eigenvalue weighted by atomic mass is 16.1. The van der Waals surface area contributed by atoms with Crippen LogP contribution >= 0.6 is 0 Å². The molecule has 0 radical (unpaired) electrons.